The van der Waals surface area contributed by atoms with Crippen LogP contribution in [0.5, 0.6) is 0 Å². The summed E-state index contributed by atoms with van der Waals surface area (Å²) in [6.07, 6.45) is 0. The summed E-state index contributed by atoms with van der Waals surface area (Å²) in [5.74, 6) is 5.63. The molecule has 1 heterocycles. The van der Waals surface area contributed by atoms with Crippen molar-refractivity contribution in [1.82, 2.24) is 5.43 Å². The Hall–Kier alpha value is -0.580. The minimum Gasteiger partial charge on any atom is -0.271 e. The monoisotopic (exact) mass is 286 g/mol. The summed E-state index contributed by atoms with van der Waals surface area (Å²) in [4.78, 5) is 1.23. The van der Waals surface area contributed by atoms with Gasteiger partial charge in [0.15, 0.2) is 0 Å². The third-order valence-corrected chi connectivity index (χ3v) is 3.89. The zero-order valence-electron chi connectivity index (χ0n) is 9.21. The molecule has 0 aliphatic carbocycles. The van der Waals surface area contributed by atoms with Crippen LogP contribution in [0.4, 0.5) is 0 Å². The second-order valence-corrected chi connectivity index (χ2v) is 5.73. The van der Waals surface area contributed by atoms with Gasteiger partial charge in [-0.25, -0.2) is 5.43 Å². The van der Waals surface area contributed by atoms with E-state index in [1.54, 1.807) is 17.4 Å². The van der Waals surface area contributed by atoms with Crippen molar-refractivity contribution in [1.29, 1.82) is 0 Å². The third-order valence-electron chi connectivity index (χ3n) is 2.59. The fourth-order valence-electron chi connectivity index (χ4n) is 1.80. The van der Waals surface area contributed by atoms with Gasteiger partial charge in [-0.05, 0) is 47.7 Å². The molecule has 0 aliphatic heterocycles. The average Bonchev–Trinajstić information content (AvgIpc) is 2.65. The molecule has 0 fully saturated rings. The summed E-state index contributed by atoms with van der Waals surface area (Å²) in [6.45, 7) is 2.07. The van der Waals surface area contributed by atoms with E-state index in [0.717, 1.165) is 11.1 Å². The molecular formula is C12H12Cl2N2S. The average molecular weight is 287 g/mol. The van der Waals surface area contributed by atoms with Crippen LogP contribution in [0.25, 0.3) is 0 Å². The second-order valence-electron chi connectivity index (χ2n) is 3.73. The molecule has 1 unspecified atom stereocenters. The highest BCUT2D eigenvalue weighted by molar-refractivity contribution is 7.10. The van der Waals surface area contributed by atoms with Crippen LogP contribution >= 0.6 is 34.5 Å². The van der Waals surface area contributed by atoms with Gasteiger partial charge in [0.05, 0.1) is 6.04 Å². The molecule has 3 N–H and O–H groups in total. The first kappa shape index (κ1) is 12.9. The Labute approximate surface area is 114 Å². The summed E-state index contributed by atoms with van der Waals surface area (Å²) in [5, 5.41) is 3.27. The lowest BCUT2D eigenvalue weighted by Crippen LogP contribution is -2.28. The first-order chi connectivity index (χ1) is 8.11. The number of halogens is 2. The van der Waals surface area contributed by atoms with Gasteiger partial charge in [-0.2, -0.15) is 0 Å². The Morgan fingerprint density at radius 3 is 2.35 bits per heavy atom. The van der Waals surface area contributed by atoms with Crippen molar-refractivity contribution in [2.24, 2.45) is 5.84 Å². The molecule has 0 saturated carbocycles. The van der Waals surface area contributed by atoms with E-state index in [1.165, 1.54) is 4.88 Å². The van der Waals surface area contributed by atoms with Gasteiger partial charge < -0.3 is 0 Å². The van der Waals surface area contributed by atoms with Crippen LogP contribution in [0, 0.1) is 6.92 Å². The van der Waals surface area contributed by atoms with Crippen molar-refractivity contribution >= 4 is 34.5 Å². The molecule has 1 aromatic carbocycles. The second kappa shape index (κ2) is 5.38. The molecule has 17 heavy (non-hydrogen) atoms. The normalized spacial score (nSPS) is 12.7. The number of thiophene rings is 1. The smallest absolute Gasteiger partial charge is 0.0721 e. The Morgan fingerprint density at radius 1 is 1.24 bits per heavy atom. The quantitative estimate of drug-likeness (QED) is 0.663. The van der Waals surface area contributed by atoms with E-state index in [2.05, 4.69) is 18.4 Å². The topological polar surface area (TPSA) is 38.0 Å². The van der Waals surface area contributed by atoms with E-state index >= 15 is 0 Å². The van der Waals surface area contributed by atoms with Gasteiger partial charge in [0.2, 0.25) is 0 Å². The summed E-state index contributed by atoms with van der Waals surface area (Å²) in [7, 11) is 0. The van der Waals surface area contributed by atoms with Crippen molar-refractivity contribution in [3.05, 3.63) is 55.7 Å². The van der Waals surface area contributed by atoms with Gasteiger partial charge in [-0.1, -0.05) is 23.2 Å². The number of aryl methyl sites for hydroxylation is 1. The first-order valence-corrected chi connectivity index (χ1v) is 6.71. The zero-order valence-corrected chi connectivity index (χ0v) is 11.5. The Balaban J connectivity index is 2.45. The number of rotatable bonds is 3. The van der Waals surface area contributed by atoms with Gasteiger partial charge in [0, 0.05) is 14.9 Å². The van der Waals surface area contributed by atoms with E-state index in [-0.39, 0.29) is 6.04 Å². The molecule has 0 bridgehead atoms. The molecule has 1 aromatic heterocycles. The maximum atomic E-state index is 6.00. The predicted molar refractivity (Wildman–Crippen MR) is 74.7 cm³/mol. The SMILES string of the molecule is Cc1sccc1C(NN)c1cc(Cl)cc(Cl)c1. The highest BCUT2D eigenvalue weighted by Crippen LogP contribution is 2.30. The van der Waals surface area contributed by atoms with Crippen LogP contribution in [0.2, 0.25) is 10.0 Å². The first-order valence-electron chi connectivity index (χ1n) is 5.08. The van der Waals surface area contributed by atoms with Gasteiger partial charge in [0.25, 0.3) is 0 Å². The number of benzene rings is 1. The van der Waals surface area contributed by atoms with Crippen LogP contribution in [0.1, 0.15) is 22.0 Å². The lowest BCUT2D eigenvalue weighted by Gasteiger charge is -2.17. The van der Waals surface area contributed by atoms with Crippen LogP contribution in [-0.2, 0) is 0 Å². The van der Waals surface area contributed by atoms with Crippen molar-refractivity contribution in [2.45, 2.75) is 13.0 Å². The predicted octanol–water partition coefficient (Wildman–Crippen LogP) is 3.92. The summed E-state index contributed by atoms with van der Waals surface area (Å²) in [6, 6.07) is 7.42. The fourth-order valence-corrected chi connectivity index (χ4v) is 3.09. The maximum absolute atomic E-state index is 6.00. The fraction of sp³-hybridized carbons (Fsp3) is 0.167. The van der Waals surface area contributed by atoms with Crippen LogP contribution in [-0.4, -0.2) is 0 Å². The molecule has 0 spiro atoms. The molecule has 0 saturated heterocycles. The molecule has 0 radical (unpaired) electrons. The lowest BCUT2D eigenvalue weighted by atomic mass is 10.0. The molecular weight excluding hydrogens is 275 g/mol. The minimum absolute atomic E-state index is 0.0857. The molecule has 0 aliphatic rings. The molecule has 2 nitrogen and oxygen atoms in total. The van der Waals surface area contributed by atoms with E-state index < -0.39 is 0 Å². The van der Waals surface area contributed by atoms with Crippen LogP contribution in [0.3, 0.4) is 0 Å². The Kier molecular flexibility index (Phi) is 4.07. The van der Waals surface area contributed by atoms with Crippen molar-refractivity contribution < 1.29 is 0 Å². The van der Waals surface area contributed by atoms with E-state index in [9.17, 15) is 0 Å². The van der Waals surface area contributed by atoms with Crippen molar-refractivity contribution in [3.8, 4) is 0 Å². The minimum atomic E-state index is -0.0857. The number of nitrogens with one attached hydrogen (secondary N) is 1. The molecule has 2 rings (SSSR count). The van der Waals surface area contributed by atoms with Gasteiger partial charge in [-0.15, -0.1) is 11.3 Å². The number of hydrogen-bond donors (Lipinski definition) is 2. The summed E-state index contributed by atoms with van der Waals surface area (Å²) < 4.78 is 0. The summed E-state index contributed by atoms with van der Waals surface area (Å²) in [5.41, 5.74) is 4.92. The molecule has 2 aromatic rings. The highest BCUT2D eigenvalue weighted by atomic mass is 35.5. The number of hydrogen-bond acceptors (Lipinski definition) is 3. The number of hydrazine groups is 1. The van der Waals surface area contributed by atoms with E-state index in [4.69, 9.17) is 29.0 Å². The summed E-state index contributed by atoms with van der Waals surface area (Å²) >= 11 is 13.7. The van der Waals surface area contributed by atoms with Crippen LogP contribution < -0.4 is 11.3 Å². The molecule has 90 valence electrons. The van der Waals surface area contributed by atoms with Gasteiger partial charge >= 0.3 is 0 Å². The largest absolute Gasteiger partial charge is 0.271 e. The van der Waals surface area contributed by atoms with E-state index in [0.29, 0.717) is 10.0 Å². The van der Waals surface area contributed by atoms with Crippen LogP contribution in [0.15, 0.2) is 29.6 Å². The maximum Gasteiger partial charge on any atom is 0.0721 e. The molecule has 0 amide bonds. The molecule has 1 atom stereocenters. The third kappa shape index (κ3) is 2.81. The van der Waals surface area contributed by atoms with Crippen molar-refractivity contribution in [2.75, 3.05) is 0 Å². The zero-order chi connectivity index (χ0) is 12.4. The van der Waals surface area contributed by atoms with Gasteiger partial charge in [-0.3, -0.25) is 5.84 Å². The lowest BCUT2D eigenvalue weighted by molar-refractivity contribution is 0.636. The van der Waals surface area contributed by atoms with Gasteiger partial charge in [0.1, 0.15) is 0 Å². The van der Waals surface area contributed by atoms with E-state index in [1.807, 2.05) is 17.5 Å². The van der Waals surface area contributed by atoms with Crippen molar-refractivity contribution in [3.63, 3.8) is 0 Å². The standard InChI is InChI=1S/C12H12Cl2N2S/c1-7-11(2-3-17-7)12(16-15)8-4-9(13)6-10(14)5-8/h2-6,12,16H,15H2,1H3. The highest BCUT2D eigenvalue weighted by Gasteiger charge is 2.16. The Morgan fingerprint density at radius 2 is 1.88 bits per heavy atom. The number of nitrogens with two attached hydrogens (primary N) is 1. The Bertz CT molecular complexity index is 505. The molecule has 5 heteroatoms.